The topological polar surface area (TPSA) is 17.1 Å². The molecule has 0 aliphatic carbocycles. The Morgan fingerprint density at radius 2 is 1.56 bits per heavy atom. The Kier molecular flexibility index (Phi) is 3.42. The minimum atomic E-state index is 0.103. The Morgan fingerprint density at radius 3 is 2.12 bits per heavy atom. The van der Waals surface area contributed by atoms with Crippen molar-refractivity contribution >= 4 is 17.5 Å². The normalized spacial score (nSPS) is 10.1. The van der Waals surface area contributed by atoms with E-state index in [9.17, 15) is 4.79 Å². The number of carbonyl (C=O) groups excluding carboxylic acids is 1. The van der Waals surface area contributed by atoms with Gasteiger partial charge in [-0.25, -0.2) is 0 Å². The van der Waals surface area contributed by atoms with Crippen LogP contribution in [-0.2, 0) is 0 Å². The van der Waals surface area contributed by atoms with Crippen molar-refractivity contribution in [2.75, 3.05) is 0 Å². The minimum Gasteiger partial charge on any atom is -0.295 e. The summed E-state index contributed by atoms with van der Waals surface area (Å²) in [7, 11) is 0. The lowest BCUT2D eigenvalue weighted by atomic mass is 10.2. The monoisotopic (exact) mass is 227 g/mol. The van der Waals surface area contributed by atoms with Crippen molar-refractivity contribution < 1.29 is 4.79 Å². The summed E-state index contributed by atoms with van der Waals surface area (Å²) in [6.07, 6.45) is 0. The molecular weight excluding hydrogens is 216 g/mol. The van der Waals surface area contributed by atoms with E-state index in [1.165, 1.54) is 4.90 Å². The molecule has 79 valence electrons. The average molecular weight is 227 g/mol. The largest absolute Gasteiger partial charge is 0.295 e. The SMILES string of the molecule is CC(=O)c1ccc(Sc2cc[c]cc2)cc1. The minimum absolute atomic E-state index is 0.103. The zero-order valence-corrected chi connectivity index (χ0v) is 9.75. The zero-order valence-electron chi connectivity index (χ0n) is 8.94. The maximum absolute atomic E-state index is 11.1. The van der Waals surface area contributed by atoms with E-state index in [0.29, 0.717) is 0 Å². The van der Waals surface area contributed by atoms with Crippen LogP contribution in [0.25, 0.3) is 0 Å². The molecule has 2 aromatic rings. The molecule has 1 nitrogen and oxygen atoms in total. The van der Waals surface area contributed by atoms with E-state index in [1.54, 1.807) is 18.7 Å². The number of Topliss-reactive ketones (excluding diaryl/α,β-unsaturated/α-hetero) is 1. The van der Waals surface area contributed by atoms with Crippen molar-refractivity contribution in [3.05, 3.63) is 60.2 Å². The van der Waals surface area contributed by atoms with Crippen LogP contribution in [0.15, 0.2) is 58.3 Å². The summed E-state index contributed by atoms with van der Waals surface area (Å²) in [5, 5.41) is 0. The molecule has 0 bridgehead atoms. The van der Waals surface area contributed by atoms with Crippen LogP contribution in [0.3, 0.4) is 0 Å². The van der Waals surface area contributed by atoms with E-state index in [4.69, 9.17) is 0 Å². The first-order valence-corrected chi connectivity index (χ1v) is 5.82. The van der Waals surface area contributed by atoms with Gasteiger partial charge in [-0.3, -0.25) is 4.79 Å². The number of ketones is 1. The van der Waals surface area contributed by atoms with Gasteiger partial charge in [-0.15, -0.1) is 0 Å². The number of rotatable bonds is 3. The fourth-order valence-electron chi connectivity index (χ4n) is 1.33. The molecule has 0 N–H and O–H groups in total. The van der Waals surface area contributed by atoms with E-state index in [1.807, 2.05) is 48.5 Å². The van der Waals surface area contributed by atoms with Gasteiger partial charge in [0.1, 0.15) is 0 Å². The number of hydrogen-bond acceptors (Lipinski definition) is 2. The summed E-state index contributed by atoms with van der Waals surface area (Å²) in [5.74, 6) is 0.103. The number of hydrogen-bond donors (Lipinski definition) is 0. The Labute approximate surface area is 99.5 Å². The molecule has 0 atom stereocenters. The Hall–Kier alpha value is -1.54. The van der Waals surface area contributed by atoms with Gasteiger partial charge in [-0.1, -0.05) is 36.0 Å². The number of benzene rings is 2. The van der Waals surface area contributed by atoms with Gasteiger partial charge in [0.15, 0.2) is 5.78 Å². The molecule has 2 rings (SSSR count). The first-order valence-electron chi connectivity index (χ1n) is 5.01. The molecule has 2 aromatic carbocycles. The van der Waals surface area contributed by atoms with Gasteiger partial charge < -0.3 is 0 Å². The second kappa shape index (κ2) is 4.99. The Morgan fingerprint density at radius 1 is 1.00 bits per heavy atom. The average Bonchev–Trinajstić information content (AvgIpc) is 2.31. The van der Waals surface area contributed by atoms with Gasteiger partial charge in [-0.05, 0) is 37.3 Å². The summed E-state index contributed by atoms with van der Waals surface area (Å²) in [6, 6.07) is 18.5. The Balaban J connectivity index is 2.14. The lowest BCUT2D eigenvalue weighted by Gasteiger charge is -2.01. The molecule has 0 saturated heterocycles. The molecule has 0 unspecified atom stereocenters. The summed E-state index contributed by atoms with van der Waals surface area (Å²) < 4.78 is 0. The second-order valence-corrected chi connectivity index (χ2v) is 4.57. The third-order valence-corrected chi connectivity index (χ3v) is 3.20. The van der Waals surface area contributed by atoms with Crippen molar-refractivity contribution in [1.29, 1.82) is 0 Å². The highest BCUT2D eigenvalue weighted by molar-refractivity contribution is 7.99. The number of carbonyl (C=O) groups is 1. The quantitative estimate of drug-likeness (QED) is 0.741. The van der Waals surface area contributed by atoms with Crippen molar-refractivity contribution in [1.82, 2.24) is 0 Å². The predicted octanol–water partition coefficient (Wildman–Crippen LogP) is 3.84. The first kappa shape index (κ1) is 11.0. The van der Waals surface area contributed by atoms with Gasteiger partial charge in [-0.2, -0.15) is 0 Å². The first-order chi connectivity index (χ1) is 7.75. The predicted molar refractivity (Wildman–Crippen MR) is 65.8 cm³/mol. The smallest absolute Gasteiger partial charge is 0.159 e. The van der Waals surface area contributed by atoms with Crippen LogP contribution in [-0.4, -0.2) is 5.78 Å². The highest BCUT2D eigenvalue weighted by atomic mass is 32.2. The molecule has 0 spiro atoms. The standard InChI is InChI=1S/C14H11OS/c1-11(15)12-7-9-14(10-8-12)16-13-5-3-2-4-6-13/h3-10H,1H3. The molecule has 0 fully saturated rings. The molecule has 2 heteroatoms. The second-order valence-electron chi connectivity index (χ2n) is 3.42. The molecule has 0 aliphatic heterocycles. The maximum atomic E-state index is 11.1. The van der Waals surface area contributed by atoms with E-state index < -0.39 is 0 Å². The zero-order chi connectivity index (χ0) is 11.4. The molecule has 1 radical (unpaired) electrons. The van der Waals surface area contributed by atoms with Crippen LogP contribution in [0.2, 0.25) is 0 Å². The third kappa shape index (κ3) is 2.74. The summed E-state index contributed by atoms with van der Waals surface area (Å²) in [5.41, 5.74) is 0.755. The molecule has 0 heterocycles. The van der Waals surface area contributed by atoms with Crippen LogP contribution in [0, 0.1) is 6.07 Å². The summed E-state index contributed by atoms with van der Waals surface area (Å²) >= 11 is 1.68. The van der Waals surface area contributed by atoms with Gasteiger partial charge in [0.2, 0.25) is 0 Å². The van der Waals surface area contributed by atoms with Gasteiger partial charge >= 0.3 is 0 Å². The highest BCUT2D eigenvalue weighted by Gasteiger charge is 2.00. The Bertz CT molecular complexity index is 474. The fraction of sp³-hybridized carbons (Fsp3) is 0.0714. The van der Waals surface area contributed by atoms with Crippen LogP contribution in [0.1, 0.15) is 17.3 Å². The van der Waals surface area contributed by atoms with Crippen LogP contribution < -0.4 is 0 Å². The molecular formula is C14H11OS. The van der Waals surface area contributed by atoms with Crippen molar-refractivity contribution in [3.63, 3.8) is 0 Å². The van der Waals surface area contributed by atoms with E-state index in [-0.39, 0.29) is 5.78 Å². The van der Waals surface area contributed by atoms with Crippen molar-refractivity contribution in [3.8, 4) is 0 Å². The van der Waals surface area contributed by atoms with Crippen LogP contribution >= 0.6 is 11.8 Å². The van der Waals surface area contributed by atoms with E-state index >= 15 is 0 Å². The lowest BCUT2D eigenvalue weighted by molar-refractivity contribution is 0.101. The lowest BCUT2D eigenvalue weighted by Crippen LogP contribution is -1.90. The highest BCUT2D eigenvalue weighted by Crippen LogP contribution is 2.27. The maximum Gasteiger partial charge on any atom is 0.159 e. The molecule has 0 amide bonds. The van der Waals surface area contributed by atoms with Crippen molar-refractivity contribution in [2.45, 2.75) is 16.7 Å². The molecule has 0 aliphatic rings. The fourth-order valence-corrected chi connectivity index (χ4v) is 2.15. The molecule has 0 saturated carbocycles. The van der Waals surface area contributed by atoms with Gasteiger partial charge in [0, 0.05) is 15.4 Å². The van der Waals surface area contributed by atoms with E-state index in [0.717, 1.165) is 10.5 Å². The van der Waals surface area contributed by atoms with Gasteiger partial charge in [0.25, 0.3) is 0 Å². The van der Waals surface area contributed by atoms with E-state index in [2.05, 4.69) is 6.07 Å². The molecule has 16 heavy (non-hydrogen) atoms. The van der Waals surface area contributed by atoms with Crippen LogP contribution in [0.5, 0.6) is 0 Å². The third-order valence-electron chi connectivity index (χ3n) is 2.18. The summed E-state index contributed by atoms with van der Waals surface area (Å²) in [4.78, 5) is 13.4. The van der Waals surface area contributed by atoms with Crippen molar-refractivity contribution in [2.24, 2.45) is 0 Å². The van der Waals surface area contributed by atoms with Crippen LogP contribution in [0.4, 0.5) is 0 Å². The van der Waals surface area contributed by atoms with Gasteiger partial charge in [0.05, 0.1) is 0 Å². The summed E-state index contributed by atoms with van der Waals surface area (Å²) in [6.45, 7) is 1.58. The molecule has 0 aromatic heterocycles.